The smallest absolute Gasteiger partial charge is 0.339 e. The molecular weight excluding hydrogens is 266 g/mol. The first-order chi connectivity index (χ1) is 9.61. The highest BCUT2D eigenvalue weighted by Gasteiger charge is 2.35. The molecule has 1 unspecified atom stereocenters. The summed E-state index contributed by atoms with van der Waals surface area (Å²) in [7, 11) is 1.47. The molecule has 1 aliphatic heterocycles. The molecule has 0 saturated carbocycles. The predicted molar refractivity (Wildman–Crippen MR) is 66.6 cm³/mol. The van der Waals surface area contributed by atoms with Gasteiger partial charge in [0.2, 0.25) is 0 Å². The third-order valence-corrected chi connectivity index (χ3v) is 3.25. The van der Waals surface area contributed by atoms with Gasteiger partial charge in [-0.2, -0.15) is 0 Å². The Balaban J connectivity index is 2.17. The van der Waals surface area contributed by atoms with Crippen LogP contribution in [0.25, 0.3) is 0 Å². The lowest BCUT2D eigenvalue weighted by molar-refractivity contribution is 0.0445. The minimum atomic E-state index is -1.09. The molecule has 5 heteroatoms. The van der Waals surface area contributed by atoms with E-state index in [1.165, 1.54) is 19.2 Å². The van der Waals surface area contributed by atoms with E-state index in [2.05, 4.69) is 0 Å². The Labute approximate surface area is 113 Å². The lowest BCUT2D eigenvalue weighted by Crippen LogP contribution is -2.06. The largest absolute Gasteiger partial charge is 0.497 e. The number of ether oxygens (including phenoxy) is 2. The standard InChI is InChI=1S/C15H10F2O3/c1-19-8-5-6-9-10(7-8)14(20-15(9)18)13-11(16)3-2-4-12(13)17/h2-7,14H,1H3. The van der Waals surface area contributed by atoms with Crippen molar-refractivity contribution in [3.05, 3.63) is 64.7 Å². The van der Waals surface area contributed by atoms with Crippen LogP contribution in [0.3, 0.4) is 0 Å². The third-order valence-electron chi connectivity index (χ3n) is 3.25. The Morgan fingerprint density at radius 3 is 2.50 bits per heavy atom. The van der Waals surface area contributed by atoms with Crippen LogP contribution in [0.15, 0.2) is 36.4 Å². The summed E-state index contributed by atoms with van der Waals surface area (Å²) in [5, 5.41) is 0. The Morgan fingerprint density at radius 2 is 1.85 bits per heavy atom. The Bertz CT molecular complexity index is 677. The molecule has 2 aromatic carbocycles. The van der Waals surface area contributed by atoms with Crippen molar-refractivity contribution in [1.82, 2.24) is 0 Å². The maximum atomic E-state index is 13.8. The second kappa shape index (κ2) is 4.59. The molecule has 1 atom stereocenters. The first-order valence-electron chi connectivity index (χ1n) is 5.94. The van der Waals surface area contributed by atoms with E-state index in [4.69, 9.17) is 9.47 Å². The number of esters is 1. The molecule has 20 heavy (non-hydrogen) atoms. The second-order valence-electron chi connectivity index (χ2n) is 4.37. The van der Waals surface area contributed by atoms with Gasteiger partial charge in [-0.15, -0.1) is 0 Å². The highest BCUT2D eigenvalue weighted by molar-refractivity contribution is 5.94. The maximum absolute atomic E-state index is 13.8. The fraction of sp³-hybridized carbons (Fsp3) is 0.133. The number of carbonyl (C=O) groups excluding carboxylic acids is 1. The highest BCUT2D eigenvalue weighted by Crippen LogP contribution is 2.39. The normalized spacial score (nSPS) is 16.8. The first kappa shape index (κ1) is 12.6. The predicted octanol–water partition coefficient (Wildman–Crippen LogP) is 3.23. The van der Waals surface area contributed by atoms with Crippen molar-refractivity contribution >= 4 is 5.97 Å². The average molecular weight is 276 g/mol. The van der Waals surface area contributed by atoms with Gasteiger partial charge in [0.05, 0.1) is 18.2 Å². The summed E-state index contributed by atoms with van der Waals surface area (Å²) < 4.78 is 37.9. The van der Waals surface area contributed by atoms with Gasteiger partial charge in [-0.3, -0.25) is 0 Å². The molecule has 0 N–H and O–H groups in total. The van der Waals surface area contributed by atoms with Gasteiger partial charge in [0.1, 0.15) is 17.4 Å². The summed E-state index contributed by atoms with van der Waals surface area (Å²) in [5.41, 5.74) is 0.421. The van der Waals surface area contributed by atoms with Crippen LogP contribution in [-0.2, 0) is 4.74 Å². The van der Waals surface area contributed by atoms with Crippen molar-refractivity contribution in [3.63, 3.8) is 0 Å². The van der Waals surface area contributed by atoms with Crippen LogP contribution in [0.4, 0.5) is 8.78 Å². The van der Waals surface area contributed by atoms with Gasteiger partial charge in [-0.25, -0.2) is 13.6 Å². The molecule has 0 aliphatic carbocycles. The van der Waals surface area contributed by atoms with E-state index in [-0.39, 0.29) is 5.56 Å². The number of carbonyl (C=O) groups is 1. The molecule has 1 aliphatic rings. The van der Waals surface area contributed by atoms with Crippen LogP contribution in [0.5, 0.6) is 5.75 Å². The lowest BCUT2D eigenvalue weighted by Gasteiger charge is -2.13. The van der Waals surface area contributed by atoms with Crippen LogP contribution >= 0.6 is 0 Å². The topological polar surface area (TPSA) is 35.5 Å². The summed E-state index contributed by atoms with van der Waals surface area (Å²) in [6.45, 7) is 0. The molecule has 0 fully saturated rings. The van der Waals surface area contributed by atoms with Crippen LogP contribution in [0.2, 0.25) is 0 Å². The molecular formula is C15H10F2O3. The summed E-state index contributed by atoms with van der Waals surface area (Å²) in [4.78, 5) is 11.8. The number of benzene rings is 2. The minimum absolute atomic E-state index is 0.271. The van der Waals surface area contributed by atoms with E-state index in [0.717, 1.165) is 12.1 Å². The van der Waals surface area contributed by atoms with Crippen molar-refractivity contribution in [2.45, 2.75) is 6.10 Å². The Hall–Kier alpha value is -2.43. The van der Waals surface area contributed by atoms with Crippen LogP contribution in [0, 0.1) is 11.6 Å². The molecule has 0 amide bonds. The SMILES string of the molecule is COc1ccc2c(c1)C(c1c(F)cccc1F)OC2=O. The molecule has 3 rings (SSSR count). The second-order valence-corrected chi connectivity index (χ2v) is 4.37. The number of hydrogen-bond donors (Lipinski definition) is 0. The summed E-state index contributed by atoms with van der Waals surface area (Å²) in [6, 6.07) is 8.19. The quantitative estimate of drug-likeness (QED) is 0.790. The van der Waals surface area contributed by atoms with Crippen molar-refractivity contribution in [1.29, 1.82) is 0 Å². The lowest BCUT2D eigenvalue weighted by atomic mass is 9.98. The molecule has 0 spiro atoms. The highest BCUT2D eigenvalue weighted by atomic mass is 19.1. The van der Waals surface area contributed by atoms with Crippen molar-refractivity contribution < 1.29 is 23.0 Å². The zero-order valence-electron chi connectivity index (χ0n) is 10.5. The zero-order valence-corrected chi connectivity index (χ0v) is 10.5. The Morgan fingerprint density at radius 1 is 1.15 bits per heavy atom. The van der Waals surface area contributed by atoms with Crippen LogP contribution in [-0.4, -0.2) is 13.1 Å². The van der Waals surface area contributed by atoms with Gasteiger partial charge in [0, 0.05) is 5.56 Å². The summed E-state index contributed by atoms with van der Waals surface area (Å²) in [5.74, 6) is -1.61. The van der Waals surface area contributed by atoms with Crippen molar-refractivity contribution in [2.24, 2.45) is 0 Å². The summed E-state index contributed by atoms with van der Waals surface area (Å²) in [6.07, 6.45) is -1.09. The van der Waals surface area contributed by atoms with Gasteiger partial charge < -0.3 is 9.47 Å². The number of rotatable bonds is 2. The van der Waals surface area contributed by atoms with Gasteiger partial charge in [-0.05, 0) is 30.3 Å². The molecule has 1 heterocycles. The van der Waals surface area contributed by atoms with E-state index in [0.29, 0.717) is 16.9 Å². The molecule has 0 saturated heterocycles. The van der Waals surface area contributed by atoms with Crippen LogP contribution < -0.4 is 4.74 Å². The number of fused-ring (bicyclic) bond motifs is 1. The van der Waals surface area contributed by atoms with Gasteiger partial charge >= 0.3 is 5.97 Å². The van der Waals surface area contributed by atoms with E-state index in [1.807, 2.05) is 0 Å². The van der Waals surface area contributed by atoms with E-state index in [9.17, 15) is 13.6 Å². The molecule has 0 bridgehead atoms. The average Bonchev–Trinajstić information content (AvgIpc) is 2.75. The molecule has 2 aromatic rings. The number of cyclic esters (lactones) is 1. The number of methoxy groups -OCH3 is 1. The minimum Gasteiger partial charge on any atom is -0.497 e. The third kappa shape index (κ3) is 1.82. The van der Waals surface area contributed by atoms with Crippen LogP contribution in [0.1, 0.15) is 27.6 Å². The van der Waals surface area contributed by atoms with Gasteiger partial charge in [0.15, 0.2) is 6.10 Å². The van der Waals surface area contributed by atoms with Crippen molar-refractivity contribution in [3.8, 4) is 5.75 Å². The van der Waals surface area contributed by atoms with E-state index >= 15 is 0 Å². The molecule has 0 aromatic heterocycles. The molecule has 102 valence electrons. The fourth-order valence-electron chi connectivity index (χ4n) is 2.28. The van der Waals surface area contributed by atoms with Crippen molar-refractivity contribution in [2.75, 3.05) is 7.11 Å². The van der Waals surface area contributed by atoms with E-state index < -0.39 is 23.7 Å². The maximum Gasteiger partial charge on any atom is 0.339 e. The fourth-order valence-corrected chi connectivity index (χ4v) is 2.28. The first-order valence-corrected chi connectivity index (χ1v) is 5.94. The van der Waals surface area contributed by atoms with Gasteiger partial charge in [0.25, 0.3) is 0 Å². The Kier molecular flexibility index (Phi) is 2.89. The molecule has 0 radical (unpaired) electrons. The molecule has 3 nitrogen and oxygen atoms in total. The summed E-state index contributed by atoms with van der Waals surface area (Å²) >= 11 is 0. The zero-order chi connectivity index (χ0) is 14.3. The van der Waals surface area contributed by atoms with Gasteiger partial charge in [-0.1, -0.05) is 6.07 Å². The monoisotopic (exact) mass is 276 g/mol. The number of hydrogen-bond acceptors (Lipinski definition) is 3. The van der Waals surface area contributed by atoms with E-state index in [1.54, 1.807) is 12.1 Å². The number of halogens is 2.